The molecule has 0 saturated heterocycles. The van der Waals surface area contributed by atoms with Crippen LogP contribution in [0, 0.1) is 20.8 Å². The van der Waals surface area contributed by atoms with Gasteiger partial charge in [-0.05, 0) is 20.8 Å². The van der Waals surface area contributed by atoms with Crippen LogP contribution in [-0.4, -0.2) is 0 Å². The molecule has 0 aliphatic rings. The SMILES string of the molecule is Cc1cc2oc(C)c(C)c2o1. The van der Waals surface area contributed by atoms with E-state index in [-0.39, 0.29) is 0 Å². The largest absolute Gasteiger partial charge is 0.458 e. The van der Waals surface area contributed by atoms with E-state index in [9.17, 15) is 0 Å². The van der Waals surface area contributed by atoms with E-state index in [1.54, 1.807) is 0 Å². The Morgan fingerprint density at radius 3 is 2.45 bits per heavy atom. The number of aryl methyl sites for hydroxylation is 3. The first-order chi connectivity index (χ1) is 5.18. The van der Waals surface area contributed by atoms with Crippen LogP contribution in [0.3, 0.4) is 0 Å². The standard InChI is InChI=1S/C9H10O2/c1-5-4-8-9(10-5)6(2)7(3)11-8/h4H,1-3H3. The molecule has 0 aliphatic heterocycles. The summed E-state index contributed by atoms with van der Waals surface area (Å²) < 4.78 is 10.9. The van der Waals surface area contributed by atoms with E-state index in [1.165, 1.54) is 0 Å². The molecule has 0 bridgehead atoms. The molecule has 0 aliphatic carbocycles. The van der Waals surface area contributed by atoms with Crippen molar-refractivity contribution in [3.05, 3.63) is 23.2 Å². The summed E-state index contributed by atoms with van der Waals surface area (Å²) in [6.07, 6.45) is 0. The van der Waals surface area contributed by atoms with Crippen molar-refractivity contribution < 1.29 is 8.83 Å². The Balaban J connectivity index is 2.88. The zero-order valence-electron chi connectivity index (χ0n) is 6.89. The Kier molecular flexibility index (Phi) is 1.13. The molecule has 2 heterocycles. The Morgan fingerprint density at radius 1 is 1.09 bits per heavy atom. The molecule has 2 rings (SSSR count). The number of hydrogen-bond donors (Lipinski definition) is 0. The molecule has 0 fully saturated rings. The van der Waals surface area contributed by atoms with E-state index >= 15 is 0 Å². The molecule has 2 nitrogen and oxygen atoms in total. The minimum Gasteiger partial charge on any atom is -0.458 e. The maximum absolute atomic E-state index is 5.43. The number of rotatable bonds is 0. The van der Waals surface area contributed by atoms with Gasteiger partial charge in [0.25, 0.3) is 0 Å². The zero-order valence-corrected chi connectivity index (χ0v) is 6.89. The number of furan rings is 2. The number of hydrogen-bond acceptors (Lipinski definition) is 2. The summed E-state index contributed by atoms with van der Waals surface area (Å²) in [7, 11) is 0. The molecular weight excluding hydrogens is 140 g/mol. The fourth-order valence-electron chi connectivity index (χ4n) is 1.23. The normalized spacial score (nSPS) is 11.2. The predicted octanol–water partition coefficient (Wildman–Crippen LogP) is 2.95. The van der Waals surface area contributed by atoms with Crippen molar-refractivity contribution in [1.82, 2.24) is 0 Å². The van der Waals surface area contributed by atoms with Gasteiger partial charge in [0.2, 0.25) is 0 Å². The highest BCUT2D eigenvalue weighted by Gasteiger charge is 2.10. The molecule has 0 atom stereocenters. The molecule has 0 aromatic carbocycles. The van der Waals surface area contributed by atoms with Gasteiger partial charge in [-0.2, -0.15) is 0 Å². The third kappa shape index (κ3) is 0.788. The summed E-state index contributed by atoms with van der Waals surface area (Å²) in [5.41, 5.74) is 2.85. The Labute approximate surface area is 64.8 Å². The molecule has 0 spiro atoms. The van der Waals surface area contributed by atoms with E-state index in [0.29, 0.717) is 0 Å². The van der Waals surface area contributed by atoms with Crippen LogP contribution in [0.1, 0.15) is 17.1 Å². The third-order valence-electron chi connectivity index (χ3n) is 1.95. The van der Waals surface area contributed by atoms with Gasteiger partial charge in [0, 0.05) is 11.6 Å². The highest BCUT2D eigenvalue weighted by molar-refractivity contribution is 5.76. The summed E-state index contributed by atoms with van der Waals surface area (Å²) in [5, 5.41) is 0. The van der Waals surface area contributed by atoms with Gasteiger partial charge in [-0.15, -0.1) is 0 Å². The maximum atomic E-state index is 5.43. The Bertz CT molecular complexity index is 393. The second-order valence-electron chi connectivity index (χ2n) is 2.83. The average molecular weight is 150 g/mol. The van der Waals surface area contributed by atoms with Gasteiger partial charge in [-0.1, -0.05) is 0 Å². The van der Waals surface area contributed by atoms with Crippen molar-refractivity contribution in [2.75, 3.05) is 0 Å². The summed E-state index contributed by atoms with van der Waals surface area (Å²) in [4.78, 5) is 0. The van der Waals surface area contributed by atoms with Gasteiger partial charge < -0.3 is 8.83 Å². The summed E-state index contributed by atoms with van der Waals surface area (Å²) in [6.45, 7) is 5.87. The predicted molar refractivity (Wildman–Crippen MR) is 42.7 cm³/mol. The van der Waals surface area contributed by atoms with Crippen LogP contribution in [0.4, 0.5) is 0 Å². The Hall–Kier alpha value is -1.18. The quantitative estimate of drug-likeness (QED) is 0.577. The monoisotopic (exact) mass is 150 g/mol. The van der Waals surface area contributed by atoms with Crippen LogP contribution in [0.2, 0.25) is 0 Å². The lowest BCUT2D eigenvalue weighted by molar-refractivity contribution is 0.575. The van der Waals surface area contributed by atoms with E-state index in [0.717, 1.165) is 28.2 Å². The second kappa shape index (κ2) is 1.91. The molecule has 2 aromatic heterocycles. The van der Waals surface area contributed by atoms with Crippen molar-refractivity contribution in [3.8, 4) is 0 Å². The lowest BCUT2D eigenvalue weighted by atomic mass is 10.3. The van der Waals surface area contributed by atoms with Crippen molar-refractivity contribution in [3.63, 3.8) is 0 Å². The summed E-state index contributed by atoms with van der Waals surface area (Å²) in [6, 6.07) is 1.91. The second-order valence-corrected chi connectivity index (χ2v) is 2.83. The highest BCUT2D eigenvalue weighted by atomic mass is 16.4. The number of fused-ring (bicyclic) bond motifs is 1. The highest BCUT2D eigenvalue weighted by Crippen LogP contribution is 2.27. The molecule has 0 unspecified atom stereocenters. The van der Waals surface area contributed by atoms with Crippen LogP contribution >= 0.6 is 0 Å². The van der Waals surface area contributed by atoms with Gasteiger partial charge in [0.05, 0.1) is 0 Å². The van der Waals surface area contributed by atoms with Gasteiger partial charge in [0.15, 0.2) is 11.2 Å². The van der Waals surface area contributed by atoms with Crippen molar-refractivity contribution in [2.24, 2.45) is 0 Å². The minimum atomic E-state index is 0.859. The average Bonchev–Trinajstić information content (AvgIpc) is 2.37. The van der Waals surface area contributed by atoms with E-state index in [1.807, 2.05) is 26.8 Å². The van der Waals surface area contributed by atoms with Gasteiger partial charge >= 0.3 is 0 Å². The zero-order chi connectivity index (χ0) is 8.01. The third-order valence-corrected chi connectivity index (χ3v) is 1.95. The van der Waals surface area contributed by atoms with Crippen LogP contribution in [0.5, 0.6) is 0 Å². The van der Waals surface area contributed by atoms with Crippen LogP contribution in [0.15, 0.2) is 14.9 Å². The molecule has 0 saturated carbocycles. The molecule has 11 heavy (non-hydrogen) atoms. The fourth-order valence-corrected chi connectivity index (χ4v) is 1.23. The van der Waals surface area contributed by atoms with Crippen molar-refractivity contribution >= 4 is 11.2 Å². The first-order valence-electron chi connectivity index (χ1n) is 3.64. The molecule has 58 valence electrons. The van der Waals surface area contributed by atoms with Gasteiger partial charge in [-0.3, -0.25) is 0 Å². The molecule has 2 aromatic rings. The first-order valence-corrected chi connectivity index (χ1v) is 3.64. The van der Waals surface area contributed by atoms with Crippen LogP contribution in [-0.2, 0) is 0 Å². The molecule has 0 amide bonds. The lowest BCUT2D eigenvalue weighted by Crippen LogP contribution is -1.68. The van der Waals surface area contributed by atoms with E-state index in [4.69, 9.17) is 8.83 Å². The van der Waals surface area contributed by atoms with Crippen LogP contribution < -0.4 is 0 Å². The van der Waals surface area contributed by atoms with Crippen molar-refractivity contribution in [1.29, 1.82) is 0 Å². The van der Waals surface area contributed by atoms with Crippen molar-refractivity contribution in [2.45, 2.75) is 20.8 Å². The smallest absolute Gasteiger partial charge is 0.175 e. The topological polar surface area (TPSA) is 26.3 Å². The Morgan fingerprint density at radius 2 is 1.82 bits per heavy atom. The molecular formula is C9H10O2. The molecule has 0 N–H and O–H groups in total. The fraction of sp³-hybridized carbons (Fsp3) is 0.333. The van der Waals surface area contributed by atoms with E-state index < -0.39 is 0 Å². The summed E-state index contributed by atoms with van der Waals surface area (Å²) in [5.74, 6) is 1.85. The first kappa shape index (κ1) is 6.53. The summed E-state index contributed by atoms with van der Waals surface area (Å²) >= 11 is 0. The lowest BCUT2D eigenvalue weighted by Gasteiger charge is -1.84. The molecule has 0 radical (unpaired) electrons. The van der Waals surface area contributed by atoms with Crippen LogP contribution in [0.25, 0.3) is 11.2 Å². The van der Waals surface area contributed by atoms with Gasteiger partial charge in [0.1, 0.15) is 11.5 Å². The maximum Gasteiger partial charge on any atom is 0.175 e. The van der Waals surface area contributed by atoms with E-state index in [2.05, 4.69) is 0 Å². The molecule has 2 heteroatoms. The van der Waals surface area contributed by atoms with Gasteiger partial charge in [-0.25, -0.2) is 0 Å². The minimum absolute atomic E-state index is 0.859.